The first kappa shape index (κ1) is 16.8. The molecule has 2 heterocycles. The Labute approximate surface area is 142 Å². The van der Waals surface area contributed by atoms with E-state index in [1.54, 1.807) is 0 Å². The van der Waals surface area contributed by atoms with E-state index in [4.69, 9.17) is 9.47 Å². The molecule has 1 fully saturated rings. The highest BCUT2D eigenvalue weighted by Crippen LogP contribution is 2.25. The highest BCUT2D eigenvalue weighted by Gasteiger charge is 2.10. The Bertz CT molecular complexity index is 677. The molecule has 0 radical (unpaired) electrons. The van der Waals surface area contributed by atoms with Crippen molar-refractivity contribution >= 4 is 16.8 Å². The fourth-order valence-corrected chi connectivity index (χ4v) is 2.95. The predicted octanol–water partition coefficient (Wildman–Crippen LogP) is 1.40. The number of amides is 1. The third-order valence-electron chi connectivity index (χ3n) is 4.32. The van der Waals surface area contributed by atoms with Crippen LogP contribution in [0.25, 0.3) is 10.9 Å². The molecule has 0 unspecified atom stereocenters. The van der Waals surface area contributed by atoms with Crippen molar-refractivity contribution in [2.24, 2.45) is 7.05 Å². The average molecular weight is 331 g/mol. The van der Waals surface area contributed by atoms with Crippen LogP contribution in [0.2, 0.25) is 0 Å². The van der Waals surface area contributed by atoms with E-state index in [9.17, 15) is 4.79 Å². The number of hydrogen-bond acceptors (Lipinski definition) is 4. The van der Waals surface area contributed by atoms with Crippen LogP contribution >= 0.6 is 0 Å². The molecule has 1 aromatic heterocycles. The number of carbonyl (C=O) groups is 1. The molecule has 6 nitrogen and oxygen atoms in total. The molecule has 0 bridgehead atoms. The van der Waals surface area contributed by atoms with Crippen LogP contribution in [-0.2, 0) is 16.6 Å². The van der Waals surface area contributed by atoms with Crippen molar-refractivity contribution in [2.75, 3.05) is 46.0 Å². The molecule has 1 aromatic carbocycles. The second-order valence-corrected chi connectivity index (χ2v) is 6.06. The normalized spacial score (nSPS) is 15.5. The van der Waals surface area contributed by atoms with Crippen LogP contribution in [0.15, 0.2) is 30.5 Å². The van der Waals surface area contributed by atoms with Crippen molar-refractivity contribution < 1.29 is 14.3 Å². The number of benzene rings is 1. The molecule has 1 amide bonds. The quantitative estimate of drug-likeness (QED) is 0.779. The van der Waals surface area contributed by atoms with E-state index < -0.39 is 0 Å². The standard InChI is InChI=1S/C18H25N3O3/c1-20-9-6-15-16(20)4-2-5-17(15)24-14-18(22)19-7-3-8-21-10-12-23-13-11-21/h2,4-6,9H,3,7-8,10-14H2,1H3,(H,19,22). The van der Waals surface area contributed by atoms with Gasteiger partial charge in [-0.25, -0.2) is 0 Å². The molecule has 24 heavy (non-hydrogen) atoms. The summed E-state index contributed by atoms with van der Waals surface area (Å²) < 4.78 is 13.0. The largest absolute Gasteiger partial charge is 0.483 e. The second kappa shape index (κ2) is 8.17. The molecule has 130 valence electrons. The van der Waals surface area contributed by atoms with Gasteiger partial charge in [-0.05, 0) is 31.2 Å². The average Bonchev–Trinajstić information content (AvgIpc) is 3.00. The lowest BCUT2D eigenvalue weighted by molar-refractivity contribution is -0.123. The van der Waals surface area contributed by atoms with Gasteiger partial charge in [0.1, 0.15) is 5.75 Å². The third kappa shape index (κ3) is 4.27. The summed E-state index contributed by atoms with van der Waals surface area (Å²) in [6, 6.07) is 7.88. The minimum atomic E-state index is -0.0788. The number of aryl methyl sites for hydroxylation is 1. The Balaban J connectivity index is 1.39. The summed E-state index contributed by atoms with van der Waals surface area (Å²) in [5.74, 6) is 0.668. The highest BCUT2D eigenvalue weighted by atomic mass is 16.5. The fourth-order valence-electron chi connectivity index (χ4n) is 2.95. The minimum absolute atomic E-state index is 0.0472. The van der Waals surface area contributed by atoms with Gasteiger partial charge in [-0.2, -0.15) is 0 Å². The molecule has 1 aliphatic heterocycles. The SMILES string of the molecule is Cn1ccc2c(OCC(=O)NCCCN3CCOCC3)cccc21. The van der Waals surface area contributed by atoms with Gasteiger partial charge in [0.05, 0.1) is 18.7 Å². The van der Waals surface area contributed by atoms with Crippen LogP contribution in [0.3, 0.4) is 0 Å². The topological polar surface area (TPSA) is 55.7 Å². The van der Waals surface area contributed by atoms with Gasteiger partial charge in [0.25, 0.3) is 5.91 Å². The van der Waals surface area contributed by atoms with Crippen molar-refractivity contribution in [3.63, 3.8) is 0 Å². The molecule has 3 rings (SSSR count). The zero-order valence-electron chi connectivity index (χ0n) is 14.2. The Morgan fingerprint density at radius 1 is 1.29 bits per heavy atom. The van der Waals surface area contributed by atoms with Gasteiger partial charge in [-0.1, -0.05) is 6.07 Å². The molecule has 6 heteroatoms. The highest BCUT2D eigenvalue weighted by molar-refractivity contribution is 5.87. The van der Waals surface area contributed by atoms with Gasteiger partial charge in [-0.15, -0.1) is 0 Å². The van der Waals surface area contributed by atoms with E-state index in [0.29, 0.717) is 6.54 Å². The molecule has 0 saturated carbocycles. The maximum absolute atomic E-state index is 11.9. The molecule has 0 aliphatic carbocycles. The summed E-state index contributed by atoms with van der Waals surface area (Å²) in [4.78, 5) is 14.3. The first-order valence-corrected chi connectivity index (χ1v) is 8.48. The van der Waals surface area contributed by atoms with Crippen LogP contribution in [0.1, 0.15) is 6.42 Å². The Morgan fingerprint density at radius 2 is 2.12 bits per heavy atom. The third-order valence-corrected chi connectivity index (χ3v) is 4.32. The van der Waals surface area contributed by atoms with Crippen molar-refractivity contribution in [3.8, 4) is 5.75 Å². The number of carbonyl (C=O) groups excluding carboxylic acids is 1. The number of rotatable bonds is 7. The van der Waals surface area contributed by atoms with Gasteiger partial charge in [0, 0.05) is 38.3 Å². The Kier molecular flexibility index (Phi) is 5.72. The first-order valence-electron chi connectivity index (χ1n) is 8.48. The zero-order chi connectivity index (χ0) is 16.8. The molecule has 1 aliphatic rings. The van der Waals surface area contributed by atoms with Gasteiger partial charge >= 0.3 is 0 Å². The van der Waals surface area contributed by atoms with Gasteiger partial charge < -0.3 is 19.4 Å². The maximum Gasteiger partial charge on any atom is 0.257 e. The van der Waals surface area contributed by atoms with Gasteiger partial charge in [0.15, 0.2) is 6.61 Å². The van der Waals surface area contributed by atoms with Crippen LogP contribution in [0.5, 0.6) is 5.75 Å². The summed E-state index contributed by atoms with van der Waals surface area (Å²) >= 11 is 0. The summed E-state index contributed by atoms with van der Waals surface area (Å²) in [7, 11) is 1.99. The molecule has 1 N–H and O–H groups in total. The molecular formula is C18H25N3O3. The summed E-state index contributed by atoms with van der Waals surface area (Å²) in [6.07, 6.45) is 2.93. The molecular weight excluding hydrogens is 306 g/mol. The molecule has 0 atom stereocenters. The van der Waals surface area contributed by atoms with Crippen molar-refractivity contribution in [1.82, 2.24) is 14.8 Å². The van der Waals surface area contributed by atoms with Crippen LogP contribution < -0.4 is 10.1 Å². The molecule has 2 aromatic rings. The van der Waals surface area contributed by atoms with Gasteiger partial charge in [0.2, 0.25) is 0 Å². The summed E-state index contributed by atoms with van der Waals surface area (Å²) in [5, 5.41) is 3.95. The van der Waals surface area contributed by atoms with Crippen LogP contribution in [-0.4, -0.2) is 61.4 Å². The fraction of sp³-hybridized carbons (Fsp3) is 0.500. The number of aromatic nitrogens is 1. The number of nitrogens with zero attached hydrogens (tertiary/aromatic N) is 2. The van der Waals surface area contributed by atoms with E-state index in [0.717, 1.165) is 55.9 Å². The summed E-state index contributed by atoms with van der Waals surface area (Å²) in [5.41, 5.74) is 1.10. The van der Waals surface area contributed by atoms with E-state index in [1.165, 1.54) is 0 Å². The summed E-state index contributed by atoms with van der Waals surface area (Å²) in [6.45, 7) is 5.31. The van der Waals surface area contributed by atoms with E-state index >= 15 is 0 Å². The van der Waals surface area contributed by atoms with Gasteiger partial charge in [-0.3, -0.25) is 9.69 Å². The lowest BCUT2D eigenvalue weighted by Crippen LogP contribution is -2.38. The second-order valence-electron chi connectivity index (χ2n) is 6.06. The number of morpholine rings is 1. The molecule has 1 saturated heterocycles. The van der Waals surface area contributed by atoms with E-state index in [-0.39, 0.29) is 12.5 Å². The molecule has 0 spiro atoms. The van der Waals surface area contributed by atoms with Crippen molar-refractivity contribution in [2.45, 2.75) is 6.42 Å². The minimum Gasteiger partial charge on any atom is -0.483 e. The monoisotopic (exact) mass is 331 g/mol. The lowest BCUT2D eigenvalue weighted by atomic mass is 10.2. The number of ether oxygens (including phenoxy) is 2. The number of hydrogen-bond donors (Lipinski definition) is 1. The number of nitrogens with one attached hydrogen (secondary N) is 1. The van der Waals surface area contributed by atoms with Crippen molar-refractivity contribution in [3.05, 3.63) is 30.5 Å². The van der Waals surface area contributed by atoms with Crippen molar-refractivity contribution in [1.29, 1.82) is 0 Å². The predicted molar refractivity (Wildman–Crippen MR) is 93.3 cm³/mol. The van der Waals surface area contributed by atoms with E-state index in [1.807, 2.05) is 42.1 Å². The zero-order valence-corrected chi connectivity index (χ0v) is 14.2. The Hall–Kier alpha value is -2.05. The smallest absolute Gasteiger partial charge is 0.257 e. The lowest BCUT2D eigenvalue weighted by Gasteiger charge is -2.26. The Morgan fingerprint density at radius 3 is 2.96 bits per heavy atom. The van der Waals surface area contributed by atoms with Crippen LogP contribution in [0, 0.1) is 0 Å². The number of fused-ring (bicyclic) bond motifs is 1. The van der Waals surface area contributed by atoms with Crippen LogP contribution in [0.4, 0.5) is 0 Å². The first-order chi connectivity index (χ1) is 11.7. The maximum atomic E-state index is 11.9. The van der Waals surface area contributed by atoms with E-state index in [2.05, 4.69) is 10.2 Å².